The molecule has 1 atom stereocenters. The number of piperazine rings is 1. The molecule has 4 aliphatic heterocycles. The topological polar surface area (TPSA) is 252 Å². The normalized spacial score (nSPS) is 22.6. The fourth-order valence-electron chi connectivity index (χ4n) is 13.1. The zero-order chi connectivity index (χ0) is 57.1. The number of nitro groups is 1. The van der Waals surface area contributed by atoms with Gasteiger partial charge < -0.3 is 44.6 Å². The fourth-order valence-corrected chi connectivity index (χ4v) is 14.0. The number of ether oxygens (including phenoxy) is 4. The number of carbonyl (C=O) groups excluding carboxylic acids is 1. The van der Waals surface area contributed by atoms with E-state index in [2.05, 4.69) is 94.2 Å². The molecule has 2 aliphatic carbocycles. The molecule has 21 nitrogen and oxygen atoms in total. The highest BCUT2D eigenvalue weighted by Gasteiger charge is 2.50. The highest BCUT2D eigenvalue weighted by Crippen LogP contribution is 2.54. The fraction of sp³-hybridized carbons (Fsp3) is 0.492. The van der Waals surface area contributed by atoms with Crippen LogP contribution in [-0.2, 0) is 21.3 Å². The number of methoxy groups -OCH3 is 1. The summed E-state index contributed by atoms with van der Waals surface area (Å²) in [5, 5.41) is 29.3. The Balaban J connectivity index is 0.751. The van der Waals surface area contributed by atoms with E-state index in [0.717, 1.165) is 93.1 Å². The van der Waals surface area contributed by atoms with Crippen LogP contribution in [0, 0.1) is 27.3 Å². The number of hydrogen-bond donors (Lipinski definition) is 5. The van der Waals surface area contributed by atoms with Gasteiger partial charge in [0.1, 0.15) is 34.3 Å². The summed E-state index contributed by atoms with van der Waals surface area (Å²) in [5.41, 5.74) is 3.21. The predicted molar refractivity (Wildman–Crippen MR) is 305 cm³/mol. The molecule has 8 heterocycles. The van der Waals surface area contributed by atoms with E-state index >= 15 is 0 Å². The predicted octanol–water partition coefficient (Wildman–Crippen LogP) is 8.68. The van der Waals surface area contributed by atoms with Gasteiger partial charge >= 0.3 is 5.69 Å². The lowest BCUT2D eigenvalue weighted by Crippen LogP contribution is -2.61. The molecule has 12 rings (SSSR count). The Kier molecular flexibility index (Phi) is 14.8. The quantitative estimate of drug-likeness (QED) is 0.0449. The highest BCUT2D eigenvalue weighted by molar-refractivity contribution is 7.90. The van der Waals surface area contributed by atoms with Gasteiger partial charge in [0.2, 0.25) is 5.82 Å². The van der Waals surface area contributed by atoms with Gasteiger partial charge in [-0.1, -0.05) is 38.1 Å². The number of aromatic nitrogens is 4. The summed E-state index contributed by atoms with van der Waals surface area (Å²) in [7, 11) is -3.38. The van der Waals surface area contributed by atoms with Crippen molar-refractivity contribution < 1.29 is 46.6 Å². The van der Waals surface area contributed by atoms with Gasteiger partial charge in [-0.05, 0) is 105 Å². The molecular formula is C59H70FN11O10S. The number of aliphatic hydroxyl groups is 1. The standard InChI is InChI=1S/C59H70FN11O10S/c1-36(2)42-7-5-6-8-43(42)48-32-68(31-38-13-18-61-54-51(38)80-35-59(66-54)33-79-34-59)21-22-70(48)40-26-58(27-40)16-19-69(20-17-58)39-9-10-44(49(23-39)81-50-25-45-46(60)30-64-52(45)65-56(50)78-4)55(72)67-82(76,77)41-24-47(71(74)75)53(63-29-41)62-28-37-11-14-57(3,73)15-12-37/h5-10,13,18,23-25,29-30,36-37,40,48,73H,11-12,14-17,19-22,26-28,31-35H2,1-4H3,(H,61,66)(H,62,63)(H,64,65)(H,67,72)/t37?,48-,57?/m0/s1. The number of hydrogen-bond acceptors (Lipinski definition) is 18. The minimum absolute atomic E-state index is 0.0193. The largest absolute Gasteiger partial charge is 0.487 e. The number of nitrogens with one attached hydrogen (secondary N) is 4. The molecule has 4 aromatic heterocycles. The summed E-state index contributed by atoms with van der Waals surface area (Å²) in [6, 6.07) is 18.7. The van der Waals surface area contributed by atoms with Crippen molar-refractivity contribution in [1.29, 1.82) is 0 Å². The second-order valence-corrected chi connectivity index (χ2v) is 25.7. The molecule has 0 unspecified atom stereocenters. The van der Waals surface area contributed by atoms with Gasteiger partial charge in [-0.3, -0.25) is 24.7 Å². The SMILES string of the molecule is COc1nc2[nH]cc(F)c2cc1Oc1cc(N2CCC3(CC2)CC(N2CCN(Cc4ccnc5c4OCC4(COC4)N5)C[C@H]2c2ccccc2C(C)C)C3)ccc1C(=O)NS(=O)(=O)c1cnc(NCC2CCC(C)(O)CC2)c([N+](=O)[O-])c1. The first kappa shape index (κ1) is 55.4. The van der Waals surface area contributed by atoms with Gasteiger partial charge in [0.15, 0.2) is 17.3 Å². The smallest absolute Gasteiger partial charge is 0.312 e. The Morgan fingerprint density at radius 2 is 1.78 bits per heavy atom. The van der Waals surface area contributed by atoms with Crippen LogP contribution in [0.4, 0.5) is 27.4 Å². The van der Waals surface area contributed by atoms with Crippen molar-refractivity contribution in [1.82, 2.24) is 34.5 Å². The molecule has 6 aliphatic rings. The van der Waals surface area contributed by atoms with E-state index in [4.69, 9.17) is 18.9 Å². The highest BCUT2D eigenvalue weighted by atomic mass is 32.2. The third-order valence-corrected chi connectivity index (χ3v) is 19.3. The number of pyridine rings is 3. The van der Waals surface area contributed by atoms with Crippen LogP contribution in [0.15, 0.2) is 84.1 Å². The molecule has 2 aromatic carbocycles. The maximum absolute atomic E-state index is 15.0. The van der Waals surface area contributed by atoms with Crippen molar-refractivity contribution >= 4 is 50.0 Å². The zero-order valence-corrected chi connectivity index (χ0v) is 47.4. The lowest BCUT2D eigenvalue weighted by Gasteiger charge is -2.58. The average Bonchev–Trinajstić information content (AvgIpc) is 3.89. The maximum atomic E-state index is 15.0. The number of piperidine rings is 1. The number of fused-ring (bicyclic) bond motifs is 2. The van der Waals surface area contributed by atoms with Crippen molar-refractivity contribution in [2.75, 3.05) is 81.7 Å². The van der Waals surface area contributed by atoms with E-state index in [1.807, 2.05) is 6.20 Å². The summed E-state index contributed by atoms with van der Waals surface area (Å²) in [6.07, 6.45) is 10.6. The van der Waals surface area contributed by atoms with Crippen LogP contribution in [-0.4, -0.2) is 137 Å². The van der Waals surface area contributed by atoms with Crippen LogP contribution >= 0.6 is 0 Å². The molecular weight excluding hydrogens is 1070 g/mol. The molecule has 2 saturated carbocycles. The summed E-state index contributed by atoms with van der Waals surface area (Å²) >= 11 is 0. The van der Waals surface area contributed by atoms with E-state index in [-0.39, 0.29) is 62.7 Å². The Labute approximate surface area is 475 Å². The summed E-state index contributed by atoms with van der Waals surface area (Å²) < 4.78 is 68.7. The van der Waals surface area contributed by atoms with Crippen LogP contribution < -0.4 is 34.5 Å². The number of halogens is 1. The lowest BCUT2D eigenvalue weighted by atomic mass is 9.59. The Bertz CT molecular complexity index is 3520. The zero-order valence-electron chi connectivity index (χ0n) is 46.6. The first-order valence-electron chi connectivity index (χ1n) is 28.4. The van der Waals surface area contributed by atoms with Crippen molar-refractivity contribution in [3.05, 3.63) is 117 Å². The summed E-state index contributed by atoms with van der Waals surface area (Å²) in [5.74, 6) is 0.193. The second kappa shape index (κ2) is 21.9. The van der Waals surface area contributed by atoms with Gasteiger partial charge in [-0.25, -0.2) is 27.5 Å². The summed E-state index contributed by atoms with van der Waals surface area (Å²) in [4.78, 5) is 48.6. The number of H-pyrrole nitrogens is 1. The first-order chi connectivity index (χ1) is 39.4. The second-order valence-electron chi connectivity index (χ2n) is 24.0. The van der Waals surface area contributed by atoms with Gasteiger partial charge in [0, 0.05) is 99.7 Å². The average molecular weight is 1140 g/mol. The monoisotopic (exact) mass is 1140 g/mol. The minimum atomic E-state index is -4.75. The van der Waals surface area contributed by atoms with Crippen LogP contribution in [0.25, 0.3) is 11.0 Å². The number of nitrogens with zero attached hydrogens (tertiary/aromatic N) is 7. The van der Waals surface area contributed by atoms with Crippen LogP contribution in [0.3, 0.4) is 0 Å². The lowest BCUT2D eigenvalue weighted by molar-refractivity contribution is -0.384. The molecule has 1 amide bonds. The van der Waals surface area contributed by atoms with E-state index in [1.165, 1.54) is 30.4 Å². The van der Waals surface area contributed by atoms with E-state index < -0.39 is 42.9 Å². The van der Waals surface area contributed by atoms with E-state index in [1.54, 1.807) is 19.1 Å². The number of carbonyl (C=O) groups is 1. The molecule has 0 radical (unpaired) electrons. The van der Waals surface area contributed by atoms with Crippen LogP contribution in [0.2, 0.25) is 0 Å². The van der Waals surface area contributed by atoms with Gasteiger partial charge in [-0.2, -0.15) is 4.98 Å². The number of aromatic amines is 1. The molecule has 6 aromatic rings. The van der Waals surface area contributed by atoms with Gasteiger partial charge in [0.25, 0.3) is 21.8 Å². The first-order valence-corrected chi connectivity index (χ1v) is 29.8. The van der Waals surface area contributed by atoms with Gasteiger partial charge in [-0.15, -0.1) is 0 Å². The molecule has 0 bridgehead atoms. The molecule has 2 spiro atoms. The summed E-state index contributed by atoms with van der Waals surface area (Å²) in [6.45, 7) is 13.3. The van der Waals surface area contributed by atoms with Crippen molar-refractivity contribution in [3.63, 3.8) is 0 Å². The van der Waals surface area contributed by atoms with E-state index in [0.29, 0.717) is 77.1 Å². The van der Waals surface area contributed by atoms with Crippen LogP contribution in [0.1, 0.15) is 111 Å². The van der Waals surface area contributed by atoms with Crippen molar-refractivity contribution in [3.8, 4) is 23.1 Å². The molecule has 3 saturated heterocycles. The Hall–Kier alpha value is -7.18. The molecule has 82 heavy (non-hydrogen) atoms. The molecule has 5 fully saturated rings. The van der Waals surface area contributed by atoms with Crippen molar-refractivity contribution in [2.45, 2.75) is 113 Å². The molecule has 5 N–H and O–H groups in total. The Morgan fingerprint density at radius 3 is 2.51 bits per heavy atom. The van der Waals surface area contributed by atoms with E-state index in [9.17, 15) is 32.8 Å². The molecule has 434 valence electrons. The number of amides is 1. The maximum Gasteiger partial charge on any atom is 0.312 e. The van der Waals surface area contributed by atoms with Gasteiger partial charge in [0.05, 0.1) is 48.0 Å². The molecule has 23 heteroatoms. The number of sulfonamides is 1. The van der Waals surface area contributed by atoms with Crippen LogP contribution in [0.5, 0.6) is 23.1 Å². The third kappa shape index (κ3) is 11.0. The Morgan fingerprint density at radius 1 is 1.00 bits per heavy atom. The third-order valence-electron chi connectivity index (χ3n) is 18.0. The number of anilines is 3. The minimum Gasteiger partial charge on any atom is -0.487 e. The number of rotatable bonds is 16. The number of benzene rings is 2. The van der Waals surface area contributed by atoms with Crippen molar-refractivity contribution in [2.24, 2.45) is 11.3 Å².